The SMILES string of the molecule is O=[N+]([O-])c1cc(Cl)c(Oc2cc(Cl)nnc2Cl)c(Cl)c1. The molecule has 0 unspecified atom stereocenters. The molecule has 0 amide bonds. The lowest BCUT2D eigenvalue weighted by atomic mass is 10.3. The number of nitrogens with zero attached hydrogens (tertiary/aromatic N) is 3. The van der Waals surface area contributed by atoms with Crippen LogP contribution in [0, 0.1) is 10.1 Å². The second-order valence-corrected chi connectivity index (χ2v) is 4.98. The van der Waals surface area contributed by atoms with Gasteiger partial charge in [0.05, 0.1) is 15.0 Å². The Labute approximate surface area is 132 Å². The summed E-state index contributed by atoms with van der Waals surface area (Å²) in [4.78, 5) is 10.0. The van der Waals surface area contributed by atoms with Crippen LogP contribution in [0.3, 0.4) is 0 Å². The van der Waals surface area contributed by atoms with Gasteiger partial charge >= 0.3 is 0 Å². The zero-order chi connectivity index (χ0) is 14.9. The Hall–Kier alpha value is -1.34. The van der Waals surface area contributed by atoms with Crippen molar-refractivity contribution in [1.82, 2.24) is 10.2 Å². The molecule has 0 atom stereocenters. The molecular weight excluding hydrogens is 352 g/mol. The second kappa shape index (κ2) is 5.97. The highest BCUT2D eigenvalue weighted by atomic mass is 35.5. The second-order valence-electron chi connectivity index (χ2n) is 3.42. The molecule has 10 heteroatoms. The number of nitro groups is 1. The summed E-state index contributed by atoms with van der Waals surface area (Å²) >= 11 is 23.2. The Morgan fingerprint density at radius 1 is 1.05 bits per heavy atom. The maximum atomic E-state index is 10.7. The Balaban J connectivity index is 2.44. The highest BCUT2D eigenvalue weighted by Gasteiger charge is 2.18. The molecule has 0 radical (unpaired) electrons. The van der Waals surface area contributed by atoms with E-state index in [1.54, 1.807) is 0 Å². The molecule has 0 aliphatic rings. The minimum absolute atomic E-state index is 0.00454. The van der Waals surface area contributed by atoms with E-state index in [1.165, 1.54) is 6.07 Å². The third kappa shape index (κ3) is 3.21. The molecule has 1 aromatic heterocycles. The van der Waals surface area contributed by atoms with E-state index < -0.39 is 4.92 Å². The normalized spacial score (nSPS) is 10.4. The summed E-state index contributed by atoms with van der Waals surface area (Å²) in [5, 5.41) is 17.6. The van der Waals surface area contributed by atoms with Gasteiger partial charge in [-0.15, -0.1) is 10.2 Å². The van der Waals surface area contributed by atoms with Gasteiger partial charge in [-0.3, -0.25) is 10.1 Å². The van der Waals surface area contributed by atoms with Gasteiger partial charge in [0.1, 0.15) is 0 Å². The fourth-order valence-electron chi connectivity index (χ4n) is 1.27. The average molecular weight is 355 g/mol. The summed E-state index contributed by atoms with van der Waals surface area (Å²) in [5.41, 5.74) is -0.260. The van der Waals surface area contributed by atoms with Crippen LogP contribution in [-0.2, 0) is 0 Å². The van der Waals surface area contributed by atoms with Crippen molar-refractivity contribution < 1.29 is 9.66 Å². The molecule has 0 saturated carbocycles. The van der Waals surface area contributed by atoms with Crippen molar-refractivity contribution in [3.63, 3.8) is 0 Å². The molecule has 0 fully saturated rings. The van der Waals surface area contributed by atoms with Crippen LogP contribution in [0.5, 0.6) is 11.5 Å². The standard InChI is InChI=1S/C10H3Cl4N3O3/c11-5-1-4(17(18)19)2-6(12)9(5)20-7-3-8(13)15-16-10(7)14/h1-3H. The fraction of sp³-hybridized carbons (Fsp3) is 0. The lowest BCUT2D eigenvalue weighted by molar-refractivity contribution is -0.384. The Bertz CT molecular complexity index is 672. The van der Waals surface area contributed by atoms with E-state index >= 15 is 0 Å². The van der Waals surface area contributed by atoms with Gasteiger partial charge in [-0.2, -0.15) is 0 Å². The van der Waals surface area contributed by atoms with Crippen LogP contribution in [0.15, 0.2) is 18.2 Å². The number of rotatable bonds is 3. The molecule has 0 saturated heterocycles. The molecule has 0 N–H and O–H groups in total. The van der Waals surface area contributed by atoms with E-state index in [1.807, 2.05) is 0 Å². The molecule has 6 nitrogen and oxygen atoms in total. The maximum absolute atomic E-state index is 10.7. The summed E-state index contributed by atoms with van der Waals surface area (Å²) in [5.74, 6) is 0.0780. The van der Waals surface area contributed by atoms with E-state index in [-0.39, 0.29) is 37.5 Å². The minimum atomic E-state index is -0.626. The molecule has 104 valence electrons. The van der Waals surface area contributed by atoms with Crippen molar-refractivity contribution in [3.8, 4) is 11.5 Å². The number of benzene rings is 1. The molecule has 20 heavy (non-hydrogen) atoms. The topological polar surface area (TPSA) is 78.2 Å². The van der Waals surface area contributed by atoms with Crippen LogP contribution in [0.25, 0.3) is 0 Å². The monoisotopic (exact) mass is 353 g/mol. The first-order valence-corrected chi connectivity index (χ1v) is 6.39. The van der Waals surface area contributed by atoms with E-state index in [9.17, 15) is 10.1 Å². The molecule has 0 aliphatic carbocycles. The van der Waals surface area contributed by atoms with Gasteiger partial charge in [-0.1, -0.05) is 46.4 Å². The first kappa shape index (κ1) is 15.1. The molecular formula is C10H3Cl4N3O3. The quantitative estimate of drug-likeness (QED) is 0.584. The van der Waals surface area contributed by atoms with Crippen molar-refractivity contribution in [1.29, 1.82) is 0 Å². The molecule has 2 rings (SSSR count). The smallest absolute Gasteiger partial charge is 0.272 e. The summed E-state index contributed by atoms with van der Waals surface area (Å²) in [6.45, 7) is 0. The first-order chi connectivity index (χ1) is 9.38. The third-order valence-electron chi connectivity index (χ3n) is 2.09. The van der Waals surface area contributed by atoms with Gasteiger partial charge < -0.3 is 4.74 Å². The van der Waals surface area contributed by atoms with Crippen LogP contribution < -0.4 is 4.74 Å². The summed E-state index contributed by atoms with van der Waals surface area (Å²) in [6.07, 6.45) is 0. The molecule has 1 heterocycles. The van der Waals surface area contributed by atoms with E-state index in [0.717, 1.165) is 12.1 Å². The van der Waals surface area contributed by atoms with Gasteiger partial charge in [-0.05, 0) is 0 Å². The fourth-order valence-corrected chi connectivity index (χ4v) is 2.09. The average Bonchev–Trinajstić information content (AvgIpc) is 2.37. The molecule has 0 aliphatic heterocycles. The lowest BCUT2D eigenvalue weighted by Crippen LogP contribution is -1.94. The molecule has 2 aromatic rings. The van der Waals surface area contributed by atoms with Crippen molar-refractivity contribution in [2.75, 3.05) is 0 Å². The molecule has 0 bridgehead atoms. The van der Waals surface area contributed by atoms with E-state index in [2.05, 4.69) is 10.2 Å². The first-order valence-electron chi connectivity index (χ1n) is 4.88. The zero-order valence-electron chi connectivity index (χ0n) is 9.31. The number of hydrogen-bond acceptors (Lipinski definition) is 5. The van der Waals surface area contributed by atoms with Gasteiger partial charge in [-0.25, -0.2) is 0 Å². The van der Waals surface area contributed by atoms with Crippen molar-refractivity contribution in [2.45, 2.75) is 0 Å². The number of halogens is 4. The number of hydrogen-bond donors (Lipinski definition) is 0. The molecule has 1 aromatic carbocycles. The van der Waals surface area contributed by atoms with Crippen molar-refractivity contribution in [2.24, 2.45) is 0 Å². The lowest BCUT2D eigenvalue weighted by Gasteiger charge is -2.10. The zero-order valence-corrected chi connectivity index (χ0v) is 12.3. The van der Waals surface area contributed by atoms with Crippen molar-refractivity contribution >= 4 is 52.1 Å². The molecule has 0 spiro atoms. The van der Waals surface area contributed by atoms with Gasteiger partial charge in [0.25, 0.3) is 5.69 Å². The number of nitro benzene ring substituents is 1. The van der Waals surface area contributed by atoms with Crippen LogP contribution in [0.1, 0.15) is 0 Å². The van der Waals surface area contributed by atoms with Crippen LogP contribution in [0.2, 0.25) is 20.4 Å². The Morgan fingerprint density at radius 2 is 1.65 bits per heavy atom. The number of non-ortho nitro benzene ring substituents is 1. The van der Waals surface area contributed by atoms with E-state index in [4.69, 9.17) is 51.1 Å². The predicted molar refractivity (Wildman–Crippen MR) is 75.2 cm³/mol. The van der Waals surface area contributed by atoms with Gasteiger partial charge in [0.2, 0.25) is 0 Å². The summed E-state index contributed by atoms with van der Waals surface area (Å²) in [6, 6.07) is 3.52. The van der Waals surface area contributed by atoms with E-state index in [0.29, 0.717) is 0 Å². The number of ether oxygens (including phenoxy) is 1. The van der Waals surface area contributed by atoms with Crippen molar-refractivity contribution in [3.05, 3.63) is 48.7 Å². The maximum Gasteiger partial charge on any atom is 0.272 e. The third-order valence-corrected chi connectivity index (χ3v) is 3.10. The highest BCUT2D eigenvalue weighted by molar-refractivity contribution is 6.37. The van der Waals surface area contributed by atoms with Crippen LogP contribution in [0.4, 0.5) is 5.69 Å². The van der Waals surface area contributed by atoms with Crippen LogP contribution >= 0.6 is 46.4 Å². The minimum Gasteiger partial charge on any atom is -0.451 e. The number of aromatic nitrogens is 2. The highest BCUT2D eigenvalue weighted by Crippen LogP contribution is 2.40. The van der Waals surface area contributed by atoms with Gasteiger partial charge in [0.15, 0.2) is 21.8 Å². The summed E-state index contributed by atoms with van der Waals surface area (Å²) in [7, 11) is 0. The van der Waals surface area contributed by atoms with Crippen LogP contribution in [-0.4, -0.2) is 15.1 Å². The Morgan fingerprint density at radius 3 is 2.20 bits per heavy atom. The predicted octanol–water partition coefficient (Wildman–Crippen LogP) is 4.79. The summed E-state index contributed by atoms with van der Waals surface area (Å²) < 4.78 is 5.38. The van der Waals surface area contributed by atoms with Gasteiger partial charge in [0, 0.05) is 18.2 Å². The Kier molecular flexibility index (Phi) is 4.49. The largest absolute Gasteiger partial charge is 0.451 e.